The highest BCUT2D eigenvalue weighted by Crippen LogP contribution is 2.55. The molecule has 0 saturated heterocycles. The molecule has 2 nitrogen and oxygen atoms in total. The van der Waals surface area contributed by atoms with Gasteiger partial charge in [-0.3, -0.25) is 0 Å². The molecule has 3 aliphatic carbocycles. The van der Waals surface area contributed by atoms with Crippen LogP contribution in [-0.2, 0) is 11.8 Å². The largest absolute Gasteiger partial charge is 0.308 e. The van der Waals surface area contributed by atoms with Gasteiger partial charge < -0.3 is 4.57 Å². The van der Waals surface area contributed by atoms with Crippen molar-refractivity contribution in [1.82, 2.24) is 4.57 Å². The van der Waals surface area contributed by atoms with Crippen LogP contribution in [0.3, 0.4) is 0 Å². The zero-order valence-corrected chi connectivity index (χ0v) is 26.1. The molecule has 0 bridgehead atoms. The van der Waals surface area contributed by atoms with Crippen molar-refractivity contribution in [2.75, 3.05) is 0 Å². The third kappa shape index (κ3) is 3.35. The number of aryl methyl sites for hydroxylation is 1. The lowest BCUT2D eigenvalue weighted by Crippen LogP contribution is -2.17. The van der Waals surface area contributed by atoms with Crippen molar-refractivity contribution in [3.63, 3.8) is 0 Å². The van der Waals surface area contributed by atoms with Crippen molar-refractivity contribution in [2.24, 2.45) is 5.92 Å². The average molecular weight is 585 g/mol. The Hall–Kier alpha value is -4.65. The van der Waals surface area contributed by atoms with Gasteiger partial charge in [0.05, 0.1) is 16.8 Å². The number of hydrogen-bond donors (Lipinski definition) is 0. The number of rotatable bonds is 2. The molecular weight excluding hydrogens is 553 g/mol. The molecule has 2 heterocycles. The number of benzene rings is 4. The molecule has 0 saturated carbocycles. The minimum Gasteiger partial charge on any atom is -0.308 e. The Labute approximate surface area is 261 Å². The first-order valence-corrected chi connectivity index (χ1v) is 16.5. The fourth-order valence-electron chi connectivity index (χ4n) is 8.27. The summed E-state index contributed by atoms with van der Waals surface area (Å²) >= 11 is 1.93. The monoisotopic (exact) mass is 584 g/mol. The second-order valence-corrected chi connectivity index (χ2v) is 14.2. The van der Waals surface area contributed by atoms with Crippen molar-refractivity contribution in [3.05, 3.63) is 125 Å². The predicted molar refractivity (Wildman–Crippen MR) is 187 cm³/mol. The Morgan fingerprint density at radius 3 is 2.68 bits per heavy atom. The topological polar surface area (TPSA) is 28.7 Å². The molecule has 0 N–H and O–H groups in total. The van der Waals surface area contributed by atoms with Crippen molar-refractivity contribution in [2.45, 2.75) is 45.4 Å². The summed E-state index contributed by atoms with van der Waals surface area (Å²) in [7, 11) is 0. The van der Waals surface area contributed by atoms with E-state index in [4.69, 9.17) is 0 Å². The predicted octanol–water partition coefficient (Wildman–Crippen LogP) is 11.1. The number of aromatic nitrogens is 1. The quantitative estimate of drug-likeness (QED) is 0.199. The van der Waals surface area contributed by atoms with Gasteiger partial charge in [-0.15, -0.1) is 11.3 Å². The van der Waals surface area contributed by atoms with Gasteiger partial charge in [0.15, 0.2) is 0 Å². The Bertz CT molecular complexity index is 2360. The number of para-hydroxylation sites is 2. The van der Waals surface area contributed by atoms with Gasteiger partial charge in [-0.2, -0.15) is 5.26 Å². The number of allylic oxidation sites excluding steroid dienone is 5. The molecule has 2 aromatic heterocycles. The van der Waals surface area contributed by atoms with Crippen LogP contribution in [0.4, 0.5) is 0 Å². The van der Waals surface area contributed by atoms with E-state index in [9.17, 15) is 5.26 Å². The normalized spacial score (nSPS) is 18.2. The van der Waals surface area contributed by atoms with Gasteiger partial charge in [0, 0.05) is 47.8 Å². The first-order valence-electron chi connectivity index (χ1n) is 15.7. The second-order valence-electron chi connectivity index (χ2n) is 13.1. The van der Waals surface area contributed by atoms with Gasteiger partial charge in [0.2, 0.25) is 0 Å². The molecule has 0 spiro atoms. The molecule has 1 unspecified atom stereocenters. The summed E-state index contributed by atoms with van der Waals surface area (Å²) in [5.74, 6) is 0.523. The van der Waals surface area contributed by atoms with Crippen LogP contribution in [-0.4, -0.2) is 4.57 Å². The van der Waals surface area contributed by atoms with E-state index in [2.05, 4.69) is 116 Å². The summed E-state index contributed by atoms with van der Waals surface area (Å²) in [5.41, 5.74) is 13.6. The lowest BCUT2D eigenvalue weighted by atomic mass is 9.79. The summed E-state index contributed by atoms with van der Waals surface area (Å²) < 4.78 is 5.06. The van der Waals surface area contributed by atoms with Crippen molar-refractivity contribution < 1.29 is 0 Å². The van der Waals surface area contributed by atoms with E-state index < -0.39 is 0 Å². The van der Waals surface area contributed by atoms with Crippen LogP contribution < -0.4 is 0 Å². The van der Waals surface area contributed by atoms with E-state index in [1.165, 1.54) is 53.5 Å². The van der Waals surface area contributed by atoms with Gasteiger partial charge in [-0.1, -0.05) is 87.5 Å². The molecule has 0 aliphatic heterocycles. The van der Waals surface area contributed by atoms with Gasteiger partial charge in [-0.05, 0) is 83.4 Å². The Balaban J connectivity index is 1.30. The number of hydrogen-bond acceptors (Lipinski definition) is 2. The van der Waals surface area contributed by atoms with E-state index in [1.807, 2.05) is 23.5 Å². The van der Waals surface area contributed by atoms with E-state index >= 15 is 0 Å². The maximum atomic E-state index is 10.4. The molecular formula is C41H32N2S. The minimum atomic E-state index is 0.0190. The van der Waals surface area contributed by atoms with Crippen LogP contribution >= 0.6 is 11.3 Å². The highest BCUT2D eigenvalue weighted by atomic mass is 32.1. The number of thiophene rings is 1. The first kappa shape index (κ1) is 25.8. The molecule has 0 amide bonds. The number of fused-ring (bicyclic) bond motifs is 9. The fraction of sp³-hybridized carbons (Fsp3) is 0.195. The van der Waals surface area contributed by atoms with E-state index in [-0.39, 0.29) is 5.41 Å². The van der Waals surface area contributed by atoms with Crippen molar-refractivity contribution >= 4 is 54.1 Å². The Kier molecular flexibility index (Phi) is 5.38. The third-order valence-corrected chi connectivity index (χ3v) is 11.6. The summed E-state index contributed by atoms with van der Waals surface area (Å²) in [5, 5.41) is 14.3. The van der Waals surface area contributed by atoms with E-state index in [0.717, 1.165) is 41.6 Å². The highest BCUT2D eigenvalue weighted by molar-refractivity contribution is 7.26. The molecule has 1 atom stereocenters. The third-order valence-electron chi connectivity index (χ3n) is 10.4. The smallest absolute Gasteiger partial charge is 0.101 e. The maximum Gasteiger partial charge on any atom is 0.101 e. The zero-order valence-electron chi connectivity index (χ0n) is 25.2. The molecule has 0 radical (unpaired) electrons. The molecule has 0 fully saturated rings. The van der Waals surface area contributed by atoms with Crippen LogP contribution in [0.5, 0.6) is 0 Å². The SMILES string of the molecule is CC1CC=CC2=C1c1c(ccc3c1sc1ccc(-c4cccc(C#N)c4-n4c5c(c6ccccc64)CCC=C5)cc13)C2(C)C. The molecule has 44 heavy (non-hydrogen) atoms. The molecule has 3 heteroatoms. The van der Waals surface area contributed by atoms with Gasteiger partial charge in [0.1, 0.15) is 6.07 Å². The maximum absolute atomic E-state index is 10.4. The summed E-state index contributed by atoms with van der Waals surface area (Å²) in [6.07, 6.45) is 12.4. The Morgan fingerprint density at radius 2 is 1.80 bits per heavy atom. The molecule has 3 aliphatic rings. The zero-order chi connectivity index (χ0) is 29.7. The fourth-order valence-corrected chi connectivity index (χ4v) is 9.51. The molecule has 212 valence electrons. The van der Waals surface area contributed by atoms with Crippen LogP contribution in [0.2, 0.25) is 0 Å². The van der Waals surface area contributed by atoms with Gasteiger partial charge >= 0.3 is 0 Å². The van der Waals surface area contributed by atoms with Crippen LogP contribution in [0.15, 0.2) is 96.6 Å². The first-order chi connectivity index (χ1) is 21.5. The van der Waals surface area contributed by atoms with Crippen LogP contribution in [0.1, 0.15) is 61.6 Å². The summed E-state index contributed by atoms with van der Waals surface area (Å²) in [6, 6.07) is 29.0. The summed E-state index contributed by atoms with van der Waals surface area (Å²) in [6.45, 7) is 7.16. The average Bonchev–Trinajstić information content (AvgIpc) is 3.66. The van der Waals surface area contributed by atoms with Crippen LogP contribution in [0, 0.1) is 17.2 Å². The van der Waals surface area contributed by atoms with Crippen LogP contribution in [0.25, 0.3) is 59.5 Å². The van der Waals surface area contributed by atoms with E-state index in [1.54, 1.807) is 5.57 Å². The van der Waals surface area contributed by atoms with Crippen molar-refractivity contribution in [1.29, 1.82) is 5.26 Å². The summed E-state index contributed by atoms with van der Waals surface area (Å²) in [4.78, 5) is 0. The molecule has 9 rings (SSSR count). The Morgan fingerprint density at radius 1 is 0.909 bits per heavy atom. The molecule has 4 aromatic carbocycles. The standard InChI is InChI=1S/C41H32N2S/c1-24-10-8-15-32-37(24)38-33(41(32,2)3)20-19-30-31-22-25(18-21-36(31)44-40(30)38)27-14-9-11-26(23-42)39(27)43-34-16-6-4-12-28(34)29-13-5-7-17-35(29)43/h4,6-9,11-12,14-22,24H,5,10,13H2,1-3H3. The lowest BCUT2D eigenvalue weighted by Gasteiger charge is -2.25. The minimum absolute atomic E-state index is 0.0190. The number of nitrogens with zero attached hydrogens (tertiary/aromatic N) is 2. The second kappa shape index (κ2) is 9.18. The highest BCUT2D eigenvalue weighted by Gasteiger charge is 2.40. The number of nitriles is 1. The van der Waals surface area contributed by atoms with Gasteiger partial charge in [0.25, 0.3) is 0 Å². The molecule has 6 aromatic rings. The lowest BCUT2D eigenvalue weighted by molar-refractivity contribution is 0.643. The van der Waals surface area contributed by atoms with Gasteiger partial charge in [-0.25, -0.2) is 0 Å². The van der Waals surface area contributed by atoms with Crippen molar-refractivity contribution in [3.8, 4) is 22.9 Å². The van der Waals surface area contributed by atoms with E-state index in [0.29, 0.717) is 11.5 Å².